The van der Waals surface area contributed by atoms with E-state index in [1.807, 2.05) is 0 Å². The van der Waals surface area contributed by atoms with Crippen LogP contribution in [0.2, 0.25) is 0 Å². The van der Waals surface area contributed by atoms with Crippen LogP contribution < -0.4 is 11.3 Å². The molecule has 0 aliphatic carbocycles. The van der Waals surface area contributed by atoms with Gasteiger partial charge in [-0.05, 0) is 30.7 Å². The molecule has 0 radical (unpaired) electrons. The third-order valence-electron chi connectivity index (χ3n) is 3.34. The average Bonchev–Trinajstić information content (AvgIpc) is 2.47. The second kappa shape index (κ2) is 6.24. The first-order chi connectivity index (χ1) is 9.94. The normalized spacial score (nSPS) is 11.5. The van der Waals surface area contributed by atoms with Crippen molar-refractivity contribution < 1.29 is 8.42 Å². The van der Waals surface area contributed by atoms with Gasteiger partial charge in [0.1, 0.15) is 0 Å². The van der Waals surface area contributed by atoms with Crippen LogP contribution in [0.25, 0.3) is 0 Å². The lowest BCUT2D eigenvalue weighted by molar-refractivity contribution is 0.585. The van der Waals surface area contributed by atoms with E-state index in [1.54, 1.807) is 43.3 Å². The molecule has 5 nitrogen and oxygen atoms in total. The Hall–Kier alpha value is -1.92. The third kappa shape index (κ3) is 3.59. The van der Waals surface area contributed by atoms with Crippen LogP contribution in [0.3, 0.4) is 0 Å². The van der Waals surface area contributed by atoms with Gasteiger partial charge in [-0.15, -0.1) is 0 Å². The van der Waals surface area contributed by atoms with Gasteiger partial charge in [0, 0.05) is 24.8 Å². The third-order valence-corrected chi connectivity index (χ3v) is 5.04. The molecule has 112 valence electrons. The summed E-state index contributed by atoms with van der Waals surface area (Å²) in [6.45, 7) is 2.21. The van der Waals surface area contributed by atoms with E-state index >= 15 is 0 Å². The van der Waals surface area contributed by atoms with Gasteiger partial charge in [0.2, 0.25) is 0 Å². The Morgan fingerprint density at radius 1 is 1.14 bits per heavy atom. The number of nitrogens with two attached hydrogens (primary N) is 1. The molecule has 1 heterocycles. The van der Waals surface area contributed by atoms with Crippen molar-refractivity contribution >= 4 is 9.84 Å². The fraction of sp³-hybridized carbons (Fsp3) is 0.267. The molecular formula is C15H18N2O3S. The standard InChI is InChI=1S/C15H18N2O3S/c1-12-4-2-7-15(18)17(12)8-9-21(19,20)14-6-3-5-13(10-14)11-16/h2-7,10H,8-9,11,16H2,1H3. The lowest BCUT2D eigenvalue weighted by atomic mass is 10.2. The molecule has 0 spiro atoms. The van der Waals surface area contributed by atoms with Gasteiger partial charge in [-0.1, -0.05) is 18.2 Å². The Labute approximate surface area is 124 Å². The molecule has 0 bridgehead atoms. The predicted molar refractivity (Wildman–Crippen MR) is 81.8 cm³/mol. The number of sulfone groups is 1. The van der Waals surface area contributed by atoms with Crippen molar-refractivity contribution in [2.75, 3.05) is 5.75 Å². The van der Waals surface area contributed by atoms with Crippen LogP contribution in [-0.2, 0) is 22.9 Å². The highest BCUT2D eigenvalue weighted by Crippen LogP contribution is 2.13. The number of aromatic nitrogens is 1. The number of rotatable bonds is 5. The molecule has 0 amide bonds. The van der Waals surface area contributed by atoms with Crippen molar-refractivity contribution in [1.29, 1.82) is 0 Å². The number of pyridine rings is 1. The smallest absolute Gasteiger partial charge is 0.250 e. The molecule has 1 aromatic carbocycles. The number of hydrogen-bond donors (Lipinski definition) is 1. The molecular weight excluding hydrogens is 288 g/mol. The Morgan fingerprint density at radius 3 is 2.52 bits per heavy atom. The molecule has 2 N–H and O–H groups in total. The summed E-state index contributed by atoms with van der Waals surface area (Å²) in [5.74, 6) is -0.119. The fourth-order valence-corrected chi connectivity index (χ4v) is 3.38. The maximum atomic E-state index is 12.3. The largest absolute Gasteiger partial charge is 0.326 e. The Balaban J connectivity index is 2.24. The number of benzene rings is 1. The van der Waals surface area contributed by atoms with Gasteiger partial charge in [-0.25, -0.2) is 8.42 Å². The monoisotopic (exact) mass is 306 g/mol. The Morgan fingerprint density at radius 2 is 1.86 bits per heavy atom. The molecule has 0 fully saturated rings. The van der Waals surface area contributed by atoms with Gasteiger partial charge in [0.05, 0.1) is 10.6 Å². The second-order valence-electron chi connectivity index (χ2n) is 4.83. The highest BCUT2D eigenvalue weighted by molar-refractivity contribution is 7.91. The summed E-state index contributed by atoms with van der Waals surface area (Å²) in [7, 11) is -3.44. The van der Waals surface area contributed by atoms with Crippen molar-refractivity contribution in [3.8, 4) is 0 Å². The van der Waals surface area contributed by atoms with Crippen molar-refractivity contribution in [1.82, 2.24) is 4.57 Å². The highest BCUT2D eigenvalue weighted by Gasteiger charge is 2.15. The highest BCUT2D eigenvalue weighted by atomic mass is 32.2. The maximum Gasteiger partial charge on any atom is 0.250 e. The van der Waals surface area contributed by atoms with Crippen LogP contribution in [0.1, 0.15) is 11.3 Å². The van der Waals surface area contributed by atoms with Crippen LogP contribution in [0.5, 0.6) is 0 Å². The zero-order valence-electron chi connectivity index (χ0n) is 11.8. The van der Waals surface area contributed by atoms with Gasteiger partial charge in [-0.2, -0.15) is 0 Å². The molecule has 0 unspecified atom stereocenters. The minimum Gasteiger partial charge on any atom is -0.326 e. The van der Waals surface area contributed by atoms with Crippen LogP contribution in [0.15, 0.2) is 52.2 Å². The Kier molecular flexibility index (Phi) is 4.59. The molecule has 2 rings (SSSR count). The first-order valence-corrected chi connectivity index (χ1v) is 8.27. The van der Waals surface area contributed by atoms with Crippen LogP contribution in [-0.4, -0.2) is 18.7 Å². The van der Waals surface area contributed by atoms with E-state index in [1.165, 1.54) is 10.6 Å². The first kappa shape index (κ1) is 15.5. The summed E-state index contributed by atoms with van der Waals surface area (Å²) in [5.41, 5.74) is 6.84. The number of nitrogens with zero attached hydrogens (tertiary/aromatic N) is 1. The molecule has 0 aliphatic rings. The molecule has 2 aromatic rings. The maximum absolute atomic E-state index is 12.3. The van der Waals surface area contributed by atoms with Gasteiger partial charge in [-0.3, -0.25) is 4.79 Å². The number of hydrogen-bond acceptors (Lipinski definition) is 4. The van der Waals surface area contributed by atoms with Gasteiger partial charge < -0.3 is 10.3 Å². The fourth-order valence-electron chi connectivity index (χ4n) is 2.11. The summed E-state index contributed by atoms with van der Waals surface area (Å²) in [4.78, 5) is 12.0. The SMILES string of the molecule is Cc1cccc(=O)n1CCS(=O)(=O)c1cccc(CN)c1. The summed E-state index contributed by atoms with van der Waals surface area (Å²) >= 11 is 0. The minimum absolute atomic E-state index is 0.119. The van der Waals surface area contributed by atoms with Crippen molar-refractivity contribution in [2.45, 2.75) is 24.9 Å². The molecule has 0 saturated heterocycles. The van der Waals surface area contributed by atoms with Crippen LogP contribution in [0, 0.1) is 6.92 Å². The van der Waals surface area contributed by atoms with Crippen molar-refractivity contribution in [3.05, 3.63) is 64.1 Å². The molecule has 0 aliphatic heterocycles. The summed E-state index contributed by atoms with van der Waals surface area (Å²) in [6, 6.07) is 11.5. The average molecular weight is 306 g/mol. The summed E-state index contributed by atoms with van der Waals surface area (Å²) in [5, 5.41) is 0. The zero-order chi connectivity index (χ0) is 15.5. The summed E-state index contributed by atoms with van der Waals surface area (Å²) < 4.78 is 26.1. The van der Waals surface area contributed by atoms with E-state index in [2.05, 4.69) is 0 Å². The van der Waals surface area contributed by atoms with Crippen LogP contribution in [0.4, 0.5) is 0 Å². The van der Waals surface area contributed by atoms with E-state index in [4.69, 9.17) is 5.73 Å². The Bertz CT molecular complexity index is 795. The first-order valence-electron chi connectivity index (χ1n) is 6.62. The molecule has 0 saturated carbocycles. The lowest BCUT2D eigenvalue weighted by Gasteiger charge is -2.10. The van der Waals surface area contributed by atoms with E-state index in [-0.39, 0.29) is 22.8 Å². The molecule has 21 heavy (non-hydrogen) atoms. The predicted octanol–water partition coefficient (Wildman–Crippen LogP) is 1.09. The van der Waals surface area contributed by atoms with E-state index < -0.39 is 9.84 Å². The van der Waals surface area contributed by atoms with Gasteiger partial charge in [0.25, 0.3) is 5.56 Å². The quantitative estimate of drug-likeness (QED) is 0.896. The molecule has 6 heteroatoms. The number of aryl methyl sites for hydroxylation is 1. The van der Waals surface area contributed by atoms with Crippen molar-refractivity contribution in [3.63, 3.8) is 0 Å². The van der Waals surface area contributed by atoms with Gasteiger partial charge >= 0.3 is 0 Å². The lowest BCUT2D eigenvalue weighted by Crippen LogP contribution is -2.25. The van der Waals surface area contributed by atoms with Crippen molar-refractivity contribution in [2.24, 2.45) is 5.73 Å². The van der Waals surface area contributed by atoms with Gasteiger partial charge in [0.15, 0.2) is 9.84 Å². The molecule has 1 aromatic heterocycles. The second-order valence-corrected chi connectivity index (χ2v) is 6.94. The summed E-state index contributed by atoms with van der Waals surface area (Å²) in [6.07, 6.45) is 0. The topological polar surface area (TPSA) is 82.2 Å². The van der Waals surface area contributed by atoms with Crippen LogP contribution >= 0.6 is 0 Å². The zero-order valence-corrected chi connectivity index (χ0v) is 12.6. The van der Waals surface area contributed by atoms with E-state index in [0.717, 1.165) is 11.3 Å². The molecule has 0 atom stereocenters. The van der Waals surface area contributed by atoms with E-state index in [0.29, 0.717) is 6.54 Å². The minimum atomic E-state index is -3.44. The van der Waals surface area contributed by atoms with E-state index in [9.17, 15) is 13.2 Å².